The Bertz CT molecular complexity index is 754. The molecule has 0 fully saturated rings. The number of amides is 2. The lowest BCUT2D eigenvalue weighted by Crippen LogP contribution is -2.40. The molecule has 0 spiro atoms. The molecule has 2 heterocycles. The first-order valence-electron chi connectivity index (χ1n) is 8.21. The number of rotatable bonds is 6. The van der Waals surface area contributed by atoms with Gasteiger partial charge in [-0.3, -0.25) is 0 Å². The van der Waals surface area contributed by atoms with Crippen molar-refractivity contribution in [3.05, 3.63) is 47.1 Å². The van der Waals surface area contributed by atoms with Gasteiger partial charge in [-0.1, -0.05) is 40.1 Å². The number of hydrogen-bond acceptors (Lipinski definition) is 6. The Morgan fingerprint density at radius 2 is 2.04 bits per heavy atom. The number of hydrogen-bond donors (Lipinski definition) is 2. The molecule has 0 saturated carbocycles. The van der Waals surface area contributed by atoms with E-state index in [0.717, 1.165) is 11.3 Å². The minimum atomic E-state index is -0.261. The molecule has 1 aliphatic heterocycles. The van der Waals surface area contributed by atoms with Crippen molar-refractivity contribution in [2.24, 2.45) is 5.16 Å². The molecule has 1 unspecified atom stereocenters. The fourth-order valence-corrected chi connectivity index (χ4v) is 2.45. The second kappa shape index (κ2) is 7.78. The summed E-state index contributed by atoms with van der Waals surface area (Å²) < 4.78 is 4.98. The largest absolute Gasteiger partial charge is 0.390 e. The van der Waals surface area contributed by atoms with Crippen LogP contribution in [0.2, 0.25) is 0 Å². The second-order valence-corrected chi connectivity index (χ2v) is 5.96. The average Bonchev–Trinajstić information content (AvgIpc) is 3.23. The summed E-state index contributed by atoms with van der Waals surface area (Å²) in [5.41, 5.74) is 3.15. The fourth-order valence-electron chi connectivity index (χ4n) is 2.45. The first kappa shape index (κ1) is 16.9. The van der Waals surface area contributed by atoms with E-state index in [-0.39, 0.29) is 12.1 Å². The second-order valence-electron chi connectivity index (χ2n) is 5.96. The smallest absolute Gasteiger partial charge is 0.314 e. The van der Waals surface area contributed by atoms with Crippen LogP contribution >= 0.6 is 0 Å². The van der Waals surface area contributed by atoms with Crippen molar-refractivity contribution in [1.29, 1.82) is 0 Å². The van der Waals surface area contributed by atoms with Gasteiger partial charge in [-0.15, -0.1) is 0 Å². The molecule has 1 aliphatic rings. The highest BCUT2D eigenvalue weighted by Gasteiger charge is 2.22. The van der Waals surface area contributed by atoms with Crippen LogP contribution in [0.4, 0.5) is 4.79 Å². The number of nitrogens with one attached hydrogen (secondary N) is 2. The minimum Gasteiger partial charge on any atom is -0.390 e. The molecule has 1 atom stereocenters. The fraction of sp³-hybridized carbons (Fsp3) is 0.412. The van der Waals surface area contributed by atoms with Gasteiger partial charge in [-0.2, -0.15) is 4.98 Å². The molecule has 1 aromatic carbocycles. The van der Waals surface area contributed by atoms with Crippen molar-refractivity contribution in [2.45, 2.75) is 32.8 Å². The van der Waals surface area contributed by atoms with Gasteiger partial charge in [0.1, 0.15) is 0 Å². The van der Waals surface area contributed by atoms with Crippen LogP contribution in [0.25, 0.3) is 0 Å². The topological polar surface area (TPSA) is 102 Å². The summed E-state index contributed by atoms with van der Waals surface area (Å²) in [5.74, 6) is 1.09. The molecule has 2 amide bonds. The lowest BCUT2D eigenvalue weighted by Gasteiger charge is -2.10. The maximum absolute atomic E-state index is 11.8. The summed E-state index contributed by atoms with van der Waals surface area (Å²) in [6.07, 6.45) is 1.01. The highest BCUT2D eigenvalue weighted by molar-refractivity contribution is 6.01. The first-order valence-corrected chi connectivity index (χ1v) is 8.21. The van der Waals surface area contributed by atoms with E-state index in [0.29, 0.717) is 37.6 Å². The number of oxime groups is 1. The molecule has 3 rings (SSSR count). The van der Waals surface area contributed by atoms with E-state index in [4.69, 9.17) is 9.36 Å². The molecular formula is C17H21N5O3. The van der Waals surface area contributed by atoms with Gasteiger partial charge in [0.2, 0.25) is 5.89 Å². The molecule has 0 saturated heterocycles. The molecule has 8 heteroatoms. The number of benzene rings is 1. The van der Waals surface area contributed by atoms with Crippen molar-refractivity contribution in [1.82, 2.24) is 20.8 Å². The first-order chi connectivity index (χ1) is 12.1. The molecule has 2 aromatic rings. The lowest BCUT2D eigenvalue weighted by atomic mass is 10.0. The highest BCUT2D eigenvalue weighted by Crippen LogP contribution is 2.16. The summed E-state index contributed by atoms with van der Waals surface area (Å²) in [5, 5.41) is 13.3. The van der Waals surface area contributed by atoms with E-state index in [1.165, 1.54) is 5.56 Å². The van der Waals surface area contributed by atoms with Crippen LogP contribution in [0, 0.1) is 13.8 Å². The lowest BCUT2D eigenvalue weighted by molar-refractivity contribution is 0.0865. The van der Waals surface area contributed by atoms with Gasteiger partial charge in [-0.25, -0.2) is 4.79 Å². The minimum absolute atomic E-state index is 0.152. The molecule has 25 heavy (non-hydrogen) atoms. The van der Waals surface area contributed by atoms with Crippen molar-refractivity contribution >= 4 is 11.7 Å². The third-order valence-corrected chi connectivity index (χ3v) is 3.80. The van der Waals surface area contributed by atoms with E-state index in [1.54, 1.807) is 6.92 Å². The quantitative estimate of drug-likeness (QED) is 0.831. The van der Waals surface area contributed by atoms with Gasteiger partial charge in [-0.05, 0) is 19.4 Å². The number of aryl methyl sites for hydroxylation is 2. The van der Waals surface area contributed by atoms with E-state index in [1.807, 2.05) is 31.2 Å². The maximum atomic E-state index is 11.8. The molecule has 8 nitrogen and oxygen atoms in total. The van der Waals surface area contributed by atoms with Crippen LogP contribution in [-0.4, -0.2) is 41.1 Å². The van der Waals surface area contributed by atoms with Gasteiger partial charge >= 0.3 is 6.03 Å². The maximum Gasteiger partial charge on any atom is 0.314 e. The predicted octanol–water partition coefficient (Wildman–Crippen LogP) is 1.72. The summed E-state index contributed by atoms with van der Waals surface area (Å²) in [4.78, 5) is 21.3. The van der Waals surface area contributed by atoms with E-state index in [9.17, 15) is 4.79 Å². The number of nitrogens with zero attached hydrogens (tertiary/aromatic N) is 3. The SMILES string of the molecule is Cc1ccc(C2=NOC(CNC(=O)NCCc3nc(C)no3)C2)cc1. The Morgan fingerprint density at radius 3 is 2.76 bits per heavy atom. The van der Waals surface area contributed by atoms with Crippen LogP contribution in [-0.2, 0) is 11.3 Å². The monoisotopic (exact) mass is 343 g/mol. The van der Waals surface area contributed by atoms with E-state index < -0.39 is 0 Å². The average molecular weight is 343 g/mol. The van der Waals surface area contributed by atoms with Gasteiger partial charge in [0, 0.05) is 19.4 Å². The molecule has 0 aliphatic carbocycles. The molecule has 0 bridgehead atoms. The van der Waals surface area contributed by atoms with Crippen molar-refractivity contribution in [2.75, 3.05) is 13.1 Å². The molecular weight excluding hydrogens is 322 g/mol. The zero-order valence-corrected chi connectivity index (χ0v) is 14.3. The van der Waals surface area contributed by atoms with Crippen LogP contribution in [0.1, 0.15) is 29.3 Å². The molecule has 0 radical (unpaired) electrons. The van der Waals surface area contributed by atoms with Crippen LogP contribution in [0.15, 0.2) is 33.9 Å². The number of urea groups is 1. The number of carbonyl (C=O) groups excluding carboxylic acids is 1. The zero-order valence-electron chi connectivity index (χ0n) is 14.3. The summed E-state index contributed by atoms with van der Waals surface area (Å²) >= 11 is 0. The predicted molar refractivity (Wildman–Crippen MR) is 91.3 cm³/mol. The van der Waals surface area contributed by atoms with Gasteiger partial charge < -0.3 is 20.0 Å². The standard InChI is InChI=1S/C17H21N5O3/c1-11-3-5-13(6-4-11)15-9-14(24-22-15)10-19-17(23)18-8-7-16-20-12(2)21-25-16/h3-6,14H,7-10H2,1-2H3,(H2,18,19,23). The Labute approximate surface area is 145 Å². The van der Waals surface area contributed by atoms with Crippen molar-refractivity contribution < 1.29 is 14.2 Å². The highest BCUT2D eigenvalue weighted by atomic mass is 16.6. The number of aromatic nitrogens is 2. The molecule has 132 valence electrons. The van der Waals surface area contributed by atoms with Crippen LogP contribution < -0.4 is 10.6 Å². The van der Waals surface area contributed by atoms with Crippen molar-refractivity contribution in [3.8, 4) is 0 Å². The Balaban J connectivity index is 1.35. The van der Waals surface area contributed by atoms with Gasteiger partial charge in [0.05, 0.1) is 12.3 Å². The Morgan fingerprint density at radius 1 is 1.24 bits per heavy atom. The van der Waals surface area contributed by atoms with E-state index in [2.05, 4.69) is 25.9 Å². The molecule has 1 aromatic heterocycles. The third-order valence-electron chi connectivity index (χ3n) is 3.80. The molecule has 2 N–H and O–H groups in total. The third kappa shape index (κ3) is 4.79. The Kier molecular flexibility index (Phi) is 5.27. The zero-order chi connectivity index (χ0) is 17.6. The summed E-state index contributed by atoms with van der Waals surface area (Å²) in [6.45, 7) is 4.61. The van der Waals surface area contributed by atoms with Gasteiger partial charge in [0.25, 0.3) is 0 Å². The van der Waals surface area contributed by atoms with Gasteiger partial charge in [0.15, 0.2) is 11.9 Å². The summed E-state index contributed by atoms with van der Waals surface area (Å²) in [6, 6.07) is 7.88. The van der Waals surface area contributed by atoms with Crippen LogP contribution in [0.5, 0.6) is 0 Å². The van der Waals surface area contributed by atoms with E-state index >= 15 is 0 Å². The normalized spacial score (nSPS) is 16.2. The summed E-state index contributed by atoms with van der Waals surface area (Å²) in [7, 11) is 0. The number of carbonyl (C=O) groups is 1. The Hall–Kier alpha value is -2.90. The van der Waals surface area contributed by atoms with Crippen molar-refractivity contribution in [3.63, 3.8) is 0 Å². The van der Waals surface area contributed by atoms with Crippen LogP contribution in [0.3, 0.4) is 0 Å².